The van der Waals surface area contributed by atoms with Gasteiger partial charge in [-0.3, -0.25) is 9.59 Å². The van der Waals surface area contributed by atoms with Gasteiger partial charge in [0.25, 0.3) is 5.78 Å². The zero-order valence-electron chi connectivity index (χ0n) is 14.3. The fraction of sp³-hybridized carbons (Fsp3) is 0.353. The molecule has 2 aromatic rings. The molecule has 0 bridgehead atoms. The van der Waals surface area contributed by atoms with Crippen molar-refractivity contribution in [3.63, 3.8) is 0 Å². The van der Waals surface area contributed by atoms with E-state index in [0.717, 1.165) is 6.20 Å². The average Bonchev–Trinajstić information content (AvgIpc) is 2.89. The van der Waals surface area contributed by atoms with E-state index in [1.165, 1.54) is 29.9 Å². The maximum absolute atomic E-state index is 12.9. The summed E-state index contributed by atoms with van der Waals surface area (Å²) in [6, 6.07) is 3.63. The number of carbonyl (C=O) groups excluding carboxylic acids is 3. The van der Waals surface area contributed by atoms with Crippen LogP contribution in [0.3, 0.4) is 0 Å². The van der Waals surface area contributed by atoms with Crippen LogP contribution in [0, 0.1) is 0 Å². The van der Waals surface area contributed by atoms with E-state index in [-0.39, 0.29) is 29.1 Å². The molecular weight excluding hydrogens is 353 g/mol. The lowest BCUT2D eigenvalue weighted by atomic mass is 10.1. The summed E-state index contributed by atoms with van der Waals surface area (Å²) in [5.41, 5.74) is -0.338. The van der Waals surface area contributed by atoms with Crippen LogP contribution >= 0.6 is 0 Å². The minimum atomic E-state index is -5.06. The van der Waals surface area contributed by atoms with Crippen LogP contribution in [0.5, 0.6) is 0 Å². The Labute approximate surface area is 146 Å². The second-order valence-electron chi connectivity index (χ2n) is 5.94. The van der Waals surface area contributed by atoms with Crippen LogP contribution in [0.25, 0.3) is 10.9 Å². The van der Waals surface area contributed by atoms with Crippen LogP contribution in [0.4, 0.5) is 13.2 Å². The molecule has 0 saturated heterocycles. The van der Waals surface area contributed by atoms with Crippen molar-refractivity contribution in [2.75, 3.05) is 7.11 Å². The Hall–Kier alpha value is -2.84. The maximum atomic E-state index is 12.9. The molecule has 0 aliphatic carbocycles. The lowest BCUT2D eigenvalue weighted by Gasteiger charge is -2.10. The first-order valence-electron chi connectivity index (χ1n) is 7.66. The highest BCUT2D eigenvalue weighted by molar-refractivity contribution is 6.11. The monoisotopic (exact) mass is 370 g/mol. The van der Waals surface area contributed by atoms with Gasteiger partial charge in [-0.1, -0.05) is 6.07 Å². The summed E-state index contributed by atoms with van der Waals surface area (Å²) in [7, 11) is 1.17. The van der Waals surface area contributed by atoms with E-state index in [4.69, 9.17) is 0 Å². The Bertz CT molecular complexity index is 869. The largest absolute Gasteiger partial charge is 0.465 e. The standard InChI is InChI=1S/C17H17F3N2O4/c1-9(2)21-14(23)8-22-7-12(15(24)17(18,19)20)11-5-4-10(6-13(11)22)16(25)26-3/h4-7,9H,8H2,1-3H3,(H,21,23). The van der Waals surface area contributed by atoms with Crippen molar-refractivity contribution < 1.29 is 32.3 Å². The number of esters is 1. The Morgan fingerprint density at radius 3 is 2.42 bits per heavy atom. The van der Waals surface area contributed by atoms with E-state index in [1.807, 2.05) is 0 Å². The number of benzene rings is 1. The van der Waals surface area contributed by atoms with E-state index >= 15 is 0 Å². The number of fused-ring (bicyclic) bond motifs is 1. The number of Topliss-reactive ketones (excluding diaryl/α,β-unsaturated/α-hetero) is 1. The molecule has 1 amide bonds. The summed E-state index contributed by atoms with van der Waals surface area (Å²) in [4.78, 5) is 35.4. The number of alkyl halides is 3. The molecule has 0 saturated carbocycles. The lowest BCUT2D eigenvalue weighted by molar-refractivity contribution is -0.122. The van der Waals surface area contributed by atoms with Crippen molar-refractivity contribution in [2.24, 2.45) is 0 Å². The summed E-state index contributed by atoms with van der Waals surface area (Å²) in [6.45, 7) is 3.17. The SMILES string of the molecule is COC(=O)c1ccc2c(C(=O)C(F)(F)F)cn(CC(=O)NC(C)C)c2c1. The highest BCUT2D eigenvalue weighted by Gasteiger charge is 2.41. The van der Waals surface area contributed by atoms with E-state index in [9.17, 15) is 27.6 Å². The molecule has 0 fully saturated rings. The number of ketones is 1. The molecule has 0 atom stereocenters. The van der Waals surface area contributed by atoms with Crippen LogP contribution in [0.15, 0.2) is 24.4 Å². The molecule has 0 radical (unpaired) electrons. The molecule has 140 valence electrons. The Kier molecular flexibility index (Phi) is 5.38. The number of carbonyl (C=O) groups is 3. The van der Waals surface area contributed by atoms with Gasteiger partial charge in [0.05, 0.1) is 23.8 Å². The highest BCUT2D eigenvalue weighted by Crippen LogP contribution is 2.29. The number of ether oxygens (including phenoxy) is 1. The van der Waals surface area contributed by atoms with Gasteiger partial charge in [0.2, 0.25) is 5.91 Å². The van der Waals surface area contributed by atoms with Crippen LogP contribution in [-0.4, -0.2) is 41.6 Å². The molecule has 0 unspecified atom stereocenters. The first-order valence-corrected chi connectivity index (χ1v) is 7.66. The van der Waals surface area contributed by atoms with Gasteiger partial charge in [-0.25, -0.2) is 4.79 Å². The van der Waals surface area contributed by atoms with Gasteiger partial charge >= 0.3 is 12.1 Å². The number of nitrogens with one attached hydrogen (secondary N) is 1. The molecule has 0 aliphatic heterocycles. The molecule has 1 N–H and O–H groups in total. The minimum Gasteiger partial charge on any atom is -0.465 e. The first kappa shape index (κ1) is 19.5. The Morgan fingerprint density at radius 1 is 1.23 bits per heavy atom. The molecule has 0 aliphatic rings. The van der Waals surface area contributed by atoms with Crippen molar-refractivity contribution in [1.82, 2.24) is 9.88 Å². The second kappa shape index (κ2) is 7.19. The summed E-state index contributed by atoms with van der Waals surface area (Å²) in [5.74, 6) is -3.14. The molecule has 1 aromatic heterocycles. The Morgan fingerprint density at radius 2 is 1.88 bits per heavy atom. The third kappa shape index (κ3) is 4.04. The molecule has 9 heteroatoms. The summed E-state index contributed by atoms with van der Waals surface area (Å²) in [6.07, 6.45) is -4.08. The van der Waals surface area contributed by atoms with Gasteiger partial charge in [-0.05, 0) is 26.0 Å². The van der Waals surface area contributed by atoms with Gasteiger partial charge < -0.3 is 14.6 Å². The van der Waals surface area contributed by atoms with Crippen molar-refractivity contribution >= 4 is 28.6 Å². The van der Waals surface area contributed by atoms with E-state index < -0.39 is 29.4 Å². The molecule has 1 aromatic carbocycles. The first-order chi connectivity index (χ1) is 12.0. The Balaban J connectivity index is 2.59. The predicted molar refractivity (Wildman–Crippen MR) is 86.9 cm³/mol. The van der Waals surface area contributed by atoms with Crippen LogP contribution in [0.1, 0.15) is 34.6 Å². The van der Waals surface area contributed by atoms with Crippen LogP contribution in [-0.2, 0) is 16.1 Å². The third-order valence-electron chi connectivity index (χ3n) is 3.57. The minimum absolute atomic E-state index is 0.00248. The van der Waals surface area contributed by atoms with E-state index in [1.54, 1.807) is 13.8 Å². The highest BCUT2D eigenvalue weighted by atomic mass is 19.4. The fourth-order valence-electron chi connectivity index (χ4n) is 2.52. The molecule has 6 nitrogen and oxygen atoms in total. The van der Waals surface area contributed by atoms with Gasteiger partial charge in [-0.2, -0.15) is 13.2 Å². The van der Waals surface area contributed by atoms with Crippen molar-refractivity contribution in [3.8, 4) is 0 Å². The molecule has 1 heterocycles. The lowest BCUT2D eigenvalue weighted by Crippen LogP contribution is -2.33. The molecule has 26 heavy (non-hydrogen) atoms. The van der Waals surface area contributed by atoms with Crippen LogP contribution < -0.4 is 5.32 Å². The number of hydrogen-bond acceptors (Lipinski definition) is 4. The topological polar surface area (TPSA) is 77.4 Å². The van der Waals surface area contributed by atoms with Gasteiger partial charge in [-0.15, -0.1) is 0 Å². The number of hydrogen-bond donors (Lipinski definition) is 1. The second-order valence-corrected chi connectivity index (χ2v) is 5.94. The van der Waals surface area contributed by atoms with Crippen molar-refractivity contribution in [3.05, 3.63) is 35.5 Å². The number of amides is 1. The van der Waals surface area contributed by atoms with Crippen molar-refractivity contribution in [1.29, 1.82) is 0 Å². The number of aromatic nitrogens is 1. The average molecular weight is 370 g/mol. The number of halogens is 3. The normalized spacial score (nSPS) is 11.7. The van der Waals surface area contributed by atoms with Gasteiger partial charge in [0.1, 0.15) is 6.54 Å². The summed E-state index contributed by atoms with van der Waals surface area (Å²) < 4.78 is 44.4. The van der Waals surface area contributed by atoms with Crippen molar-refractivity contribution in [2.45, 2.75) is 32.6 Å². The van der Waals surface area contributed by atoms with E-state index in [0.29, 0.717) is 0 Å². The zero-order chi connectivity index (χ0) is 19.6. The van der Waals surface area contributed by atoms with E-state index in [2.05, 4.69) is 10.1 Å². The van der Waals surface area contributed by atoms with Gasteiger partial charge in [0, 0.05) is 17.6 Å². The maximum Gasteiger partial charge on any atom is 0.454 e. The molecular formula is C17H17F3N2O4. The zero-order valence-corrected chi connectivity index (χ0v) is 14.3. The summed E-state index contributed by atoms with van der Waals surface area (Å²) in [5, 5.41) is 2.61. The molecule has 0 spiro atoms. The quantitative estimate of drug-likeness (QED) is 0.649. The smallest absolute Gasteiger partial charge is 0.454 e. The number of methoxy groups -OCH3 is 1. The number of rotatable bonds is 5. The summed E-state index contributed by atoms with van der Waals surface area (Å²) >= 11 is 0. The predicted octanol–water partition coefficient (Wildman–Crippen LogP) is 2.70. The third-order valence-corrected chi connectivity index (χ3v) is 3.57. The number of nitrogens with zero attached hydrogens (tertiary/aromatic N) is 1. The van der Waals surface area contributed by atoms with Gasteiger partial charge in [0.15, 0.2) is 0 Å². The van der Waals surface area contributed by atoms with Crippen LogP contribution in [0.2, 0.25) is 0 Å². The fourth-order valence-corrected chi connectivity index (χ4v) is 2.52. The molecule has 2 rings (SSSR count).